The van der Waals surface area contributed by atoms with Gasteiger partial charge in [0.25, 0.3) is 0 Å². The fourth-order valence-electron chi connectivity index (χ4n) is 1.29. The number of carbonyl (C=O) groups excluding carboxylic acids is 2. The van der Waals surface area contributed by atoms with Gasteiger partial charge in [-0.2, -0.15) is 5.10 Å². The van der Waals surface area contributed by atoms with Crippen LogP contribution < -0.4 is 0 Å². The first kappa shape index (κ1) is 13.1. The van der Waals surface area contributed by atoms with Crippen LogP contribution in [0.1, 0.15) is 13.8 Å². The van der Waals surface area contributed by atoms with Crippen LogP contribution in [0.4, 0.5) is 0 Å². The maximum atomic E-state index is 11.5. The first-order valence-corrected chi connectivity index (χ1v) is 5.13. The molecule has 1 amide bonds. The van der Waals surface area contributed by atoms with Crippen LogP contribution in [0.15, 0.2) is 10.2 Å². The molecule has 94 valence electrons. The molecular weight excluding hydrogens is 224 g/mol. The number of carbonyl (C=O) groups is 2. The predicted molar refractivity (Wildman–Crippen MR) is 62.6 cm³/mol. The van der Waals surface area contributed by atoms with Crippen molar-refractivity contribution in [1.29, 1.82) is 0 Å². The zero-order valence-corrected chi connectivity index (χ0v) is 10.4. The number of rotatable bonds is 3. The molecule has 1 heterocycles. The van der Waals surface area contributed by atoms with Crippen LogP contribution in [0.25, 0.3) is 0 Å². The van der Waals surface area contributed by atoms with Crippen molar-refractivity contribution in [3.8, 4) is 0 Å². The van der Waals surface area contributed by atoms with Gasteiger partial charge in [-0.15, -0.1) is 5.10 Å². The lowest BCUT2D eigenvalue weighted by Gasteiger charge is -2.16. The highest BCUT2D eigenvalue weighted by molar-refractivity contribution is 6.05. The molecule has 0 aromatic carbocycles. The number of amides is 1. The molecule has 0 aromatic rings. The Bertz CT molecular complexity index is 385. The quantitative estimate of drug-likeness (QED) is 0.385. The van der Waals surface area contributed by atoms with Gasteiger partial charge in [0.15, 0.2) is 0 Å². The van der Waals surface area contributed by atoms with Crippen LogP contribution in [0.2, 0.25) is 0 Å². The second-order valence-electron chi connectivity index (χ2n) is 3.83. The van der Waals surface area contributed by atoms with Crippen LogP contribution >= 0.6 is 0 Å². The molecule has 1 rings (SSSR count). The van der Waals surface area contributed by atoms with Gasteiger partial charge >= 0.3 is 5.97 Å². The summed E-state index contributed by atoms with van der Waals surface area (Å²) in [6, 6.07) is 0. The summed E-state index contributed by atoms with van der Waals surface area (Å²) in [6.07, 6.45) is 0. The molecule has 0 N–H and O–H groups in total. The summed E-state index contributed by atoms with van der Waals surface area (Å²) in [4.78, 5) is 25.6. The Balaban J connectivity index is 2.88. The molecule has 0 unspecified atom stereocenters. The van der Waals surface area contributed by atoms with E-state index in [1.807, 2.05) is 0 Å². The van der Waals surface area contributed by atoms with E-state index in [2.05, 4.69) is 14.9 Å². The zero-order chi connectivity index (χ0) is 13.0. The normalized spacial score (nSPS) is 17.6. The lowest BCUT2D eigenvalue weighted by molar-refractivity contribution is -0.140. The van der Waals surface area contributed by atoms with Crippen LogP contribution in [0.3, 0.4) is 0 Å². The molecule has 0 spiro atoms. The fourth-order valence-corrected chi connectivity index (χ4v) is 1.29. The van der Waals surface area contributed by atoms with E-state index in [4.69, 9.17) is 0 Å². The second kappa shape index (κ2) is 5.42. The van der Waals surface area contributed by atoms with Crippen LogP contribution in [0, 0.1) is 0 Å². The Morgan fingerprint density at radius 1 is 1.47 bits per heavy atom. The SMILES string of the molecule is COC(=O)CN1CC(=O)N(C)C1=NN=C(C)C. The molecule has 7 nitrogen and oxygen atoms in total. The molecule has 0 saturated carbocycles. The van der Waals surface area contributed by atoms with E-state index < -0.39 is 5.97 Å². The van der Waals surface area contributed by atoms with E-state index in [1.165, 1.54) is 16.9 Å². The minimum absolute atomic E-state index is 0.0102. The standard InChI is InChI=1S/C10H16N4O3/c1-7(2)11-12-10-13(3)8(15)5-14(10)6-9(16)17-4/h5-6H2,1-4H3. The molecular formula is C10H16N4O3. The predicted octanol–water partition coefficient (Wildman–Crippen LogP) is -0.315. The van der Waals surface area contributed by atoms with E-state index in [1.54, 1.807) is 20.9 Å². The first-order valence-electron chi connectivity index (χ1n) is 5.13. The number of ether oxygens (including phenoxy) is 1. The van der Waals surface area contributed by atoms with Crippen molar-refractivity contribution >= 4 is 23.5 Å². The Hall–Kier alpha value is -1.92. The summed E-state index contributed by atoms with van der Waals surface area (Å²) in [5.74, 6) is -0.184. The fraction of sp³-hybridized carbons (Fsp3) is 0.600. The maximum Gasteiger partial charge on any atom is 0.325 e. The van der Waals surface area contributed by atoms with Gasteiger partial charge in [0.1, 0.15) is 13.1 Å². The summed E-state index contributed by atoms with van der Waals surface area (Å²) in [5, 5.41) is 7.84. The van der Waals surface area contributed by atoms with Gasteiger partial charge in [0, 0.05) is 12.8 Å². The second-order valence-corrected chi connectivity index (χ2v) is 3.83. The lowest BCUT2D eigenvalue weighted by atomic mass is 10.5. The number of nitrogens with zero attached hydrogens (tertiary/aromatic N) is 4. The van der Waals surface area contributed by atoms with Crippen molar-refractivity contribution in [2.75, 3.05) is 27.2 Å². The van der Waals surface area contributed by atoms with Crippen LogP contribution in [0.5, 0.6) is 0 Å². The summed E-state index contributed by atoms with van der Waals surface area (Å²) >= 11 is 0. The van der Waals surface area contributed by atoms with Crippen molar-refractivity contribution in [1.82, 2.24) is 9.80 Å². The number of guanidine groups is 1. The van der Waals surface area contributed by atoms with Gasteiger partial charge in [0.2, 0.25) is 11.9 Å². The van der Waals surface area contributed by atoms with Crippen molar-refractivity contribution in [3.05, 3.63) is 0 Å². The largest absolute Gasteiger partial charge is 0.468 e. The van der Waals surface area contributed by atoms with E-state index in [9.17, 15) is 9.59 Å². The molecule has 7 heteroatoms. The van der Waals surface area contributed by atoms with Crippen molar-refractivity contribution in [2.24, 2.45) is 10.2 Å². The highest BCUT2D eigenvalue weighted by Gasteiger charge is 2.32. The van der Waals surface area contributed by atoms with Gasteiger partial charge in [0.05, 0.1) is 7.11 Å². The molecule has 1 aliphatic heterocycles. The molecule has 0 atom stereocenters. The van der Waals surface area contributed by atoms with E-state index >= 15 is 0 Å². The Labute approximate surface area is 99.7 Å². The number of methoxy groups -OCH3 is 1. The number of hydrogen-bond acceptors (Lipinski definition) is 5. The monoisotopic (exact) mass is 240 g/mol. The van der Waals surface area contributed by atoms with Crippen molar-refractivity contribution in [2.45, 2.75) is 13.8 Å². The molecule has 0 aromatic heterocycles. The van der Waals surface area contributed by atoms with E-state index in [0.717, 1.165) is 5.71 Å². The van der Waals surface area contributed by atoms with E-state index in [0.29, 0.717) is 5.96 Å². The van der Waals surface area contributed by atoms with Gasteiger partial charge in [-0.25, -0.2) is 0 Å². The van der Waals surface area contributed by atoms with Crippen molar-refractivity contribution < 1.29 is 14.3 Å². The van der Waals surface area contributed by atoms with Crippen molar-refractivity contribution in [3.63, 3.8) is 0 Å². The van der Waals surface area contributed by atoms with Gasteiger partial charge in [-0.3, -0.25) is 14.5 Å². The average Bonchev–Trinajstić information content (AvgIpc) is 2.52. The van der Waals surface area contributed by atoms with Gasteiger partial charge in [-0.1, -0.05) is 0 Å². The topological polar surface area (TPSA) is 74.6 Å². The summed E-state index contributed by atoms with van der Waals surface area (Å²) < 4.78 is 4.56. The molecule has 1 fully saturated rings. The molecule has 1 saturated heterocycles. The molecule has 17 heavy (non-hydrogen) atoms. The lowest BCUT2D eigenvalue weighted by Crippen LogP contribution is -2.35. The van der Waals surface area contributed by atoms with E-state index in [-0.39, 0.29) is 19.0 Å². The zero-order valence-electron chi connectivity index (χ0n) is 10.4. The third kappa shape index (κ3) is 3.27. The number of hydrogen-bond donors (Lipinski definition) is 0. The van der Waals surface area contributed by atoms with Crippen LogP contribution in [-0.4, -0.2) is 60.6 Å². The molecule has 0 bridgehead atoms. The summed E-state index contributed by atoms with van der Waals surface area (Å²) in [5.41, 5.74) is 0.767. The third-order valence-corrected chi connectivity index (χ3v) is 2.17. The highest BCUT2D eigenvalue weighted by Crippen LogP contribution is 2.08. The summed E-state index contributed by atoms with van der Waals surface area (Å²) in [7, 11) is 2.90. The van der Waals surface area contributed by atoms with Gasteiger partial charge in [-0.05, 0) is 13.8 Å². The number of esters is 1. The Morgan fingerprint density at radius 2 is 2.12 bits per heavy atom. The highest BCUT2D eigenvalue weighted by atomic mass is 16.5. The Kier molecular flexibility index (Phi) is 4.19. The Morgan fingerprint density at radius 3 is 2.65 bits per heavy atom. The smallest absolute Gasteiger partial charge is 0.325 e. The molecule has 1 aliphatic rings. The minimum Gasteiger partial charge on any atom is -0.468 e. The third-order valence-electron chi connectivity index (χ3n) is 2.17. The molecule has 0 aliphatic carbocycles. The maximum absolute atomic E-state index is 11.5. The van der Waals surface area contributed by atoms with Gasteiger partial charge < -0.3 is 9.64 Å². The average molecular weight is 240 g/mol. The number of likely N-dealkylation sites (N-methyl/N-ethyl adjacent to an activating group) is 1. The molecule has 0 radical (unpaired) electrons. The van der Waals surface area contributed by atoms with Crippen LogP contribution in [-0.2, 0) is 14.3 Å². The first-order chi connectivity index (χ1) is 7.95. The summed E-state index contributed by atoms with van der Waals surface area (Å²) in [6.45, 7) is 3.70. The minimum atomic E-state index is -0.419.